The predicted octanol–water partition coefficient (Wildman–Crippen LogP) is 3.43. The van der Waals surface area contributed by atoms with Gasteiger partial charge in [0.05, 0.1) is 18.3 Å². The Bertz CT molecular complexity index is 800. The number of aromatic nitrogens is 2. The SMILES string of the molecule is Cc1cc(C)n(C[C@@H]2CCCN2C(=O)[C@@H]2C[C@@H]2c2ccccc2F)n1. The van der Waals surface area contributed by atoms with Crippen LogP contribution in [0.15, 0.2) is 30.3 Å². The second-order valence-electron chi connectivity index (χ2n) is 7.41. The maximum absolute atomic E-state index is 14.0. The third-order valence-corrected chi connectivity index (χ3v) is 5.56. The highest BCUT2D eigenvalue weighted by molar-refractivity contribution is 5.83. The van der Waals surface area contributed by atoms with E-state index in [-0.39, 0.29) is 29.6 Å². The van der Waals surface area contributed by atoms with Gasteiger partial charge in [-0.25, -0.2) is 4.39 Å². The average Bonchev–Trinajstić information content (AvgIpc) is 3.13. The van der Waals surface area contributed by atoms with E-state index in [0.29, 0.717) is 5.56 Å². The molecule has 1 aromatic carbocycles. The van der Waals surface area contributed by atoms with Crippen molar-refractivity contribution < 1.29 is 9.18 Å². The molecular formula is C20H24FN3O. The second-order valence-corrected chi connectivity index (χ2v) is 7.41. The molecule has 0 radical (unpaired) electrons. The number of likely N-dealkylation sites (tertiary alicyclic amines) is 1. The number of aryl methyl sites for hydroxylation is 2. The molecule has 1 amide bonds. The third-order valence-electron chi connectivity index (χ3n) is 5.56. The quantitative estimate of drug-likeness (QED) is 0.854. The number of carbonyl (C=O) groups is 1. The number of hydrogen-bond donors (Lipinski definition) is 0. The van der Waals surface area contributed by atoms with Crippen LogP contribution < -0.4 is 0 Å². The summed E-state index contributed by atoms with van der Waals surface area (Å²) < 4.78 is 16.0. The number of halogens is 1. The topological polar surface area (TPSA) is 38.1 Å². The molecule has 1 aliphatic carbocycles. The van der Waals surface area contributed by atoms with E-state index in [1.165, 1.54) is 6.07 Å². The Kier molecular flexibility index (Phi) is 4.10. The summed E-state index contributed by atoms with van der Waals surface area (Å²) in [5, 5.41) is 4.53. The summed E-state index contributed by atoms with van der Waals surface area (Å²) in [6.45, 7) is 5.60. The minimum atomic E-state index is -0.191. The summed E-state index contributed by atoms with van der Waals surface area (Å²) in [6, 6.07) is 9.10. The van der Waals surface area contributed by atoms with Crippen LogP contribution in [0.2, 0.25) is 0 Å². The van der Waals surface area contributed by atoms with E-state index in [1.54, 1.807) is 6.07 Å². The van der Waals surface area contributed by atoms with Gasteiger partial charge >= 0.3 is 0 Å². The molecule has 4 nitrogen and oxygen atoms in total. The Labute approximate surface area is 147 Å². The predicted molar refractivity (Wildman–Crippen MR) is 93.7 cm³/mol. The Morgan fingerprint density at radius 3 is 2.84 bits per heavy atom. The summed E-state index contributed by atoms with van der Waals surface area (Å²) in [5.74, 6) is -0.0118. The highest BCUT2D eigenvalue weighted by Crippen LogP contribution is 2.49. The summed E-state index contributed by atoms with van der Waals surface area (Å²) >= 11 is 0. The summed E-state index contributed by atoms with van der Waals surface area (Å²) in [7, 11) is 0. The molecule has 25 heavy (non-hydrogen) atoms. The first-order valence-electron chi connectivity index (χ1n) is 9.10. The van der Waals surface area contributed by atoms with Gasteiger partial charge in [-0.15, -0.1) is 0 Å². The fourth-order valence-corrected chi connectivity index (χ4v) is 4.18. The molecule has 2 aromatic rings. The number of hydrogen-bond acceptors (Lipinski definition) is 2. The van der Waals surface area contributed by atoms with Crippen molar-refractivity contribution in [3.63, 3.8) is 0 Å². The van der Waals surface area contributed by atoms with Crippen LogP contribution in [-0.4, -0.2) is 33.2 Å². The minimum absolute atomic E-state index is 0.0450. The zero-order valence-corrected chi connectivity index (χ0v) is 14.8. The minimum Gasteiger partial charge on any atom is -0.338 e. The Morgan fingerprint density at radius 2 is 2.12 bits per heavy atom. The van der Waals surface area contributed by atoms with Crippen molar-refractivity contribution in [3.05, 3.63) is 53.1 Å². The second kappa shape index (κ2) is 6.28. The van der Waals surface area contributed by atoms with Gasteiger partial charge in [-0.3, -0.25) is 9.48 Å². The number of amides is 1. The van der Waals surface area contributed by atoms with Crippen molar-refractivity contribution in [1.29, 1.82) is 0 Å². The fourth-order valence-electron chi connectivity index (χ4n) is 4.18. The van der Waals surface area contributed by atoms with E-state index in [2.05, 4.69) is 18.1 Å². The summed E-state index contributed by atoms with van der Waals surface area (Å²) in [5.41, 5.74) is 2.83. The van der Waals surface area contributed by atoms with E-state index in [9.17, 15) is 9.18 Å². The number of carbonyl (C=O) groups excluding carboxylic acids is 1. The van der Waals surface area contributed by atoms with Gasteiger partial charge in [0.1, 0.15) is 5.82 Å². The molecule has 2 fully saturated rings. The zero-order valence-electron chi connectivity index (χ0n) is 14.8. The third kappa shape index (κ3) is 3.08. The Morgan fingerprint density at radius 1 is 1.32 bits per heavy atom. The Hall–Kier alpha value is -2.17. The van der Waals surface area contributed by atoms with Crippen LogP contribution in [0.25, 0.3) is 0 Å². The summed E-state index contributed by atoms with van der Waals surface area (Å²) in [6.07, 6.45) is 2.82. The number of nitrogens with zero attached hydrogens (tertiary/aromatic N) is 3. The molecule has 3 atom stereocenters. The van der Waals surface area contributed by atoms with E-state index in [4.69, 9.17) is 0 Å². The van der Waals surface area contributed by atoms with Gasteiger partial charge in [0.15, 0.2) is 0 Å². The van der Waals surface area contributed by atoms with Gasteiger partial charge in [-0.2, -0.15) is 5.10 Å². The van der Waals surface area contributed by atoms with Gasteiger partial charge in [0, 0.05) is 18.2 Å². The molecule has 0 bridgehead atoms. The van der Waals surface area contributed by atoms with Crippen LogP contribution in [0.5, 0.6) is 0 Å². The lowest BCUT2D eigenvalue weighted by Gasteiger charge is -2.25. The normalized spacial score (nSPS) is 25.4. The van der Waals surface area contributed by atoms with E-state index in [0.717, 1.165) is 43.7 Å². The van der Waals surface area contributed by atoms with Gasteiger partial charge in [-0.1, -0.05) is 18.2 Å². The van der Waals surface area contributed by atoms with Crippen LogP contribution in [0, 0.1) is 25.6 Å². The lowest BCUT2D eigenvalue weighted by molar-refractivity contribution is -0.133. The number of benzene rings is 1. The molecule has 1 aromatic heterocycles. The van der Waals surface area contributed by atoms with Crippen molar-refractivity contribution >= 4 is 5.91 Å². The van der Waals surface area contributed by atoms with Gasteiger partial charge in [0.2, 0.25) is 5.91 Å². The molecule has 1 aliphatic heterocycles. The fraction of sp³-hybridized carbons (Fsp3) is 0.500. The van der Waals surface area contributed by atoms with Crippen LogP contribution >= 0.6 is 0 Å². The number of rotatable bonds is 4. The Balaban J connectivity index is 1.45. The zero-order chi connectivity index (χ0) is 17.6. The molecule has 2 aliphatic rings. The average molecular weight is 341 g/mol. The van der Waals surface area contributed by atoms with Crippen LogP contribution in [0.3, 0.4) is 0 Å². The maximum atomic E-state index is 14.0. The molecule has 0 unspecified atom stereocenters. The molecule has 5 heteroatoms. The van der Waals surface area contributed by atoms with Crippen LogP contribution in [-0.2, 0) is 11.3 Å². The van der Waals surface area contributed by atoms with E-state index < -0.39 is 0 Å². The molecule has 2 heterocycles. The lowest BCUT2D eigenvalue weighted by atomic mass is 10.1. The van der Waals surface area contributed by atoms with Gasteiger partial charge < -0.3 is 4.90 Å². The molecule has 0 spiro atoms. The van der Waals surface area contributed by atoms with Gasteiger partial charge in [-0.05, 0) is 56.7 Å². The molecule has 132 valence electrons. The highest BCUT2D eigenvalue weighted by Gasteiger charge is 2.48. The molecule has 1 saturated heterocycles. The standard InChI is InChI=1S/C20H24FN3O/c1-13-10-14(2)24(22-13)12-15-6-5-9-23(15)20(25)18-11-17(18)16-7-3-4-8-19(16)21/h3-4,7-8,10,15,17-18H,5-6,9,11-12H2,1-2H3/t15-,17+,18+/m0/s1. The van der Waals surface area contributed by atoms with Crippen molar-refractivity contribution in [2.24, 2.45) is 5.92 Å². The molecule has 0 N–H and O–H groups in total. The largest absolute Gasteiger partial charge is 0.338 e. The van der Waals surface area contributed by atoms with E-state index >= 15 is 0 Å². The van der Waals surface area contributed by atoms with Crippen molar-refractivity contribution in [2.75, 3.05) is 6.54 Å². The van der Waals surface area contributed by atoms with E-state index in [1.807, 2.05) is 28.6 Å². The first kappa shape index (κ1) is 16.3. The first-order valence-corrected chi connectivity index (χ1v) is 9.10. The maximum Gasteiger partial charge on any atom is 0.226 e. The first-order chi connectivity index (χ1) is 12.0. The molecule has 4 rings (SSSR count). The molecule has 1 saturated carbocycles. The van der Waals surface area contributed by atoms with Crippen LogP contribution in [0.4, 0.5) is 4.39 Å². The smallest absolute Gasteiger partial charge is 0.226 e. The van der Waals surface area contributed by atoms with Crippen molar-refractivity contribution in [2.45, 2.75) is 51.6 Å². The van der Waals surface area contributed by atoms with Crippen LogP contribution in [0.1, 0.15) is 42.1 Å². The lowest BCUT2D eigenvalue weighted by Crippen LogP contribution is -2.39. The van der Waals surface area contributed by atoms with Gasteiger partial charge in [0.25, 0.3) is 0 Å². The monoisotopic (exact) mass is 341 g/mol. The van der Waals surface area contributed by atoms with Crippen molar-refractivity contribution in [1.82, 2.24) is 14.7 Å². The molecular weight excluding hydrogens is 317 g/mol. The van der Waals surface area contributed by atoms with Crippen molar-refractivity contribution in [3.8, 4) is 0 Å². The highest BCUT2D eigenvalue weighted by atomic mass is 19.1. The summed E-state index contributed by atoms with van der Waals surface area (Å²) in [4.78, 5) is 15.0.